The third-order valence-electron chi connectivity index (χ3n) is 1.94. The van der Waals surface area contributed by atoms with Crippen molar-refractivity contribution in [3.8, 4) is 5.75 Å². The van der Waals surface area contributed by atoms with E-state index >= 15 is 0 Å². The van der Waals surface area contributed by atoms with Gasteiger partial charge in [0.15, 0.2) is 6.29 Å². The van der Waals surface area contributed by atoms with E-state index in [9.17, 15) is 23.7 Å². The van der Waals surface area contributed by atoms with E-state index in [2.05, 4.69) is 4.74 Å². The predicted molar refractivity (Wildman–Crippen MR) is 49.9 cm³/mol. The van der Waals surface area contributed by atoms with Crippen LogP contribution in [0.1, 0.15) is 15.9 Å². The van der Waals surface area contributed by atoms with Crippen LogP contribution >= 0.6 is 0 Å². The number of carbonyl (C=O) groups is 1. The first-order valence-electron chi connectivity index (χ1n) is 4.15. The van der Waals surface area contributed by atoms with Crippen LogP contribution in [0.25, 0.3) is 0 Å². The van der Waals surface area contributed by atoms with E-state index in [1.165, 1.54) is 6.92 Å². The lowest BCUT2D eigenvalue weighted by molar-refractivity contribution is -0.385. The summed E-state index contributed by atoms with van der Waals surface area (Å²) < 4.78 is 28.2. The topological polar surface area (TPSA) is 69.4 Å². The molecule has 0 amide bonds. The summed E-state index contributed by atoms with van der Waals surface area (Å²) >= 11 is 0. The molecule has 16 heavy (non-hydrogen) atoms. The Morgan fingerprint density at radius 1 is 1.50 bits per heavy atom. The summed E-state index contributed by atoms with van der Waals surface area (Å²) in [5.41, 5.74) is -0.625. The van der Waals surface area contributed by atoms with Gasteiger partial charge in [0, 0.05) is 6.07 Å². The van der Waals surface area contributed by atoms with E-state index in [1.807, 2.05) is 0 Å². The highest BCUT2D eigenvalue weighted by Gasteiger charge is 2.20. The molecule has 0 heterocycles. The van der Waals surface area contributed by atoms with Gasteiger partial charge in [0.2, 0.25) is 0 Å². The van der Waals surface area contributed by atoms with Crippen LogP contribution in [0.2, 0.25) is 0 Å². The molecule has 0 saturated heterocycles. The molecule has 0 spiro atoms. The summed E-state index contributed by atoms with van der Waals surface area (Å²) in [5.74, 6) is -0.459. The highest BCUT2D eigenvalue weighted by molar-refractivity contribution is 5.81. The first-order valence-corrected chi connectivity index (χ1v) is 4.15. The first kappa shape index (κ1) is 12.0. The standard InChI is InChI=1S/C9H7F2NO4/c1-5-7(12(14)15)3-2-6(4-13)8(5)16-9(10)11/h2-4,9H,1H3. The molecule has 0 bridgehead atoms. The van der Waals surface area contributed by atoms with Crippen molar-refractivity contribution in [2.75, 3.05) is 0 Å². The fourth-order valence-electron chi connectivity index (χ4n) is 1.24. The Hall–Kier alpha value is -2.05. The van der Waals surface area contributed by atoms with Crippen LogP contribution in [0.3, 0.4) is 0 Å². The molecule has 7 heteroatoms. The van der Waals surface area contributed by atoms with Gasteiger partial charge in [-0.25, -0.2) is 0 Å². The van der Waals surface area contributed by atoms with Crippen molar-refractivity contribution in [2.24, 2.45) is 0 Å². The highest BCUT2D eigenvalue weighted by atomic mass is 19.3. The number of aldehydes is 1. The maximum atomic E-state index is 12.0. The molecule has 5 nitrogen and oxygen atoms in total. The van der Waals surface area contributed by atoms with E-state index in [0.29, 0.717) is 6.29 Å². The molecule has 0 aromatic heterocycles. The molecular weight excluding hydrogens is 224 g/mol. The minimum Gasteiger partial charge on any atom is -0.434 e. The number of benzene rings is 1. The minimum absolute atomic E-state index is 0.102. The Bertz CT molecular complexity index is 434. The van der Waals surface area contributed by atoms with Crippen molar-refractivity contribution in [3.05, 3.63) is 33.4 Å². The third-order valence-corrected chi connectivity index (χ3v) is 1.94. The summed E-state index contributed by atoms with van der Waals surface area (Å²) in [6.45, 7) is -1.90. The molecule has 86 valence electrons. The highest BCUT2D eigenvalue weighted by Crippen LogP contribution is 2.31. The molecule has 0 radical (unpaired) electrons. The molecule has 0 saturated carbocycles. The zero-order valence-electron chi connectivity index (χ0n) is 8.15. The lowest BCUT2D eigenvalue weighted by atomic mass is 10.1. The number of hydrogen-bond acceptors (Lipinski definition) is 4. The van der Waals surface area contributed by atoms with Crippen LogP contribution < -0.4 is 4.74 Å². The molecule has 0 aliphatic heterocycles. The molecule has 1 rings (SSSR count). The molecule has 1 aromatic rings. The summed E-state index contributed by atoms with van der Waals surface area (Å²) in [5, 5.41) is 10.5. The first-order chi connectivity index (χ1) is 7.47. The van der Waals surface area contributed by atoms with Crippen molar-refractivity contribution in [3.63, 3.8) is 0 Å². The Morgan fingerprint density at radius 2 is 2.12 bits per heavy atom. The molecule has 0 aliphatic rings. The number of nitro groups is 1. The second-order valence-electron chi connectivity index (χ2n) is 2.88. The Kier molecular flexibility index (Phi) is 3.49. The van der Waals surface area contributed by atoms with Gasteiger partial charge in [0.1, 0.15) is 5.75 Å². The van der Waals surface area contributed by atoms with Gasteiger partial charge >= 0.3 is 6.61 Å². The SMILES string of the molecule is Cc1c([N+](=O)[O-])ccc(C=O)c1OC(F)F. The van der Waals surface area contributed by atoms with E-state index in [4.69, 9.17) is 0 Å². The van der Waals surface area contributed by atoms with Crippen molar-refractivity contribution in [1.82, 2.24) is 0 Å². The number of ether oxygens (including phenoxy) is 1. The quantitative estimate of drug-likeness (QED) is 0.453. The number of alkyl halides is 2. The lowest BCUT2D eigenvalue weighted by Gasteiger charge is -2.09. The maximum Gasteiger partial charge on any atom is 0.387 e. The van der Waals surface area contributed by atoms with Gasteiger partial charge in [0.05, 0.1) is 16.1 Å². The zero-order valence-corrected chi connectivity index (χ0v) is 8.15. The largest absolute Gasteiger partial charge is 0.434 e. The van der Waals surface area contributed by atoms with Crippen LogP contribution in [0, 0.1) is 17.0 Å². The molecule has 0 N–H and O–H groups in total. The molecule has 0 fully saturated rings. The van der Waals surface area contributed by atoms with Gasteiger partial charge in [-0.1, -0.05) is 0 Å². The van der Waals surface area contributed by atoms with Crippen LogP contribution in [0.4, 0.5) is 14.5 Å². The average Bonchev–Trinajstić information content (AvgIpc) is 2.19. The minimum atomic E-state index is -3.14. The van der Waals surface area contributed by atoms with Gasteiger partial charge in [0.25, 0.3) is 5.69 Å². The molecule has 0 aliphatic carbocycles. The summed E-state index contributed by atoms with van der Waals surface area (Å²) in [7, 11) is 0. The monoisotopic (exact) mass is 231 g/mol. The second-order valence-corrected chi connectivity index (χ2v) is 2.88. The van der Waals surface area contributed by atoms with Gasteiger partial charge in [-0.05, 0) is 13.0 Å². The van der Waals surface area contributed by atoms with Crippen LogP contribution in [-0.2, 0) is 0 Å². The van der Waals surface area contributed by atoms with Crippen molar-refractivity contribution >= 4 is 12.0 Å². The van der Waals surface area contributed by atoms with Crippen LogP contribution in [0.15, 0.2) is 12.1 Å². The van der Waals surface area contributed by atoms with Gasteiger partial charge in [-0.3, -0.25) is 14.9 Å². The van der Waals surface area contributed by atoms with Crippen LogP contribution in [0.5, 0.6) is 5.75 Å². The van der Waals surface area contributed by atoms with Gasteiger partial charge in [-0.15, -0.1) is 0 Å². The van der Waals surface area contributed by atoms with Crippen molar-refractivity contribution in [2.45, 2.75) is 13.5 Å². The van der Waals surface area contributed by atoms with Crippen LogP contribution in [-0.4, -0.2) is 17.8 Å². The Morgan fingerprint density at radius 3 is 2.56 bits per heavy atom. The predicted octanol–water partition coefficient (Wildman–Crippen LogP) is 2.32. The maximum absolute atomic E-state index is 12.0. The number of nitro benzene ring substituents is 1. The molecule has 1 aromatic carbocycles. The molecule has 0 unspecified atom stereocenters. The number of nitrogens with zero attached hydrogens (tertiary/aromatic N) is 1. The summed E-state index contributed by atoms with van der Waals surface area (Å²) in [6.07, 6.45) is 0.300. The molecule has 0 atom stereocenters. The summed E-state index contributed by atoms with van der Waals surface area (Å²) in [4.78, 5) is 20.3. The van der Waals surface area contributed by atoms with E-state index in [0.717, 1.165) is 12.1 Å². The van der Waals surface area contributed by atoms with E-state index < -0.39 is 17.3 Å². The van der Waals surface area contributed by atoms with E-state index in [-0.39, 0.29) is 16.8 Å². The number of halogens is 2. The number of hydrogen-bond donors (Lipinski definition) is 0. The fraction of sp³-hybridized carbons (Fsp3) is 0.222. The smallest absolute Gasteiger partial charge is 0.387 e. The Labute approximate surface area is 88.8 Å². The third kappa shape index (κ3) is 2.30. The fourth-order valence-corrected chi connectivity index (χ4v) is 1.24. The van der Waals surface area contributed by atoms with Gasteiger partial charge < -0.3 is 4.74 Å². The average molecular weight is 231 g/mol. The lowest BCUT2D eigenvalue weighted by Crippen LogP contribution is -2.07. The second kappa shape index (κ2) is 4.65. The normalized spacial score (nSPS) is 10.2. The summed E-state index contributed by atoms with van der Waals surface area (Å²) in [6, 6.07) is 2.13. The number of carbonyl (C=O) groups excluding carboxylic acids is 1. The van der Waals surface area contributed by atoms with Gasteiger partial charge in [-0.2, -0.15) is 8.78 Å². The Balaban J connectivity index is 3.34. The van der Waals surface area contributed by atoms with Crippen molar-refractivity contribution < 1.29 is 23.2 Å². The number of rotatable bonds is 4. The van der Waals surface area contributed by atoms with Crippen molar-refractivity contribution in [1.29, 1.82) is 0 Å². The molecular formula is C9H7F2NO4. The van der Waals surface area contributed by atoms with E-state index in [1.54, 1.807) is 0 Å². The zero-order chi connectivity index (χ0) is 12.3.